The fourth-order valence-electron chi connectivity index (χ4n) is 4.36. The first-order chi connectivity index (χ1) is 15.4. The van der Waals surface area contributed by atoms with Crippen LogP contribution in [0.2, 0.25) is 0 Å². The zero-order valence-corrected chi connectivity index (χ0v) is 20.5. The van der Waals surface area contributed by atoms with Gasteiger partial charge in [0.05, 0.1) is 12.2 Å². The molecule has 1 amide bonds. The Bertz CT molecular complexity index is 1070. The van der Waals surface area contributed by atoms with Crippen LogP contribution < -0.4 is 5.32 Å². The van der Waals surface area contributed by atoms with Gasteiger partial charge in [0.2, 0.25) is 5.91 Å². The third-order valence-corrected chi connectivity index (χ3v) is 10.5. The quantitative estimate of drug-likeness (QED) is 0.476. The molecule has 1 aliphatic heterocycles. The van der Waals surface area contributed by atoms with Gasteiger partial charge in [0, 0.05) is 23.9 Å². The van der Waals surface area contributed by atoms with E-state index in [2.05, 4.69) is 5.32 Å². The van der Waals surface area contributed by atoms with Crippen molar-refractivity contribution in [2.24, 2.45) is 5.92 Å². The van der Waals surface area contributed by atoms with Crippen LogP contribution in [0, 0.1) is 5.92 Å². The number of ether oxygens (including phenoxy) is 1. The predicted molar refractivity (Wildman–Crippen MR) is 126 cm³/mol. The zero-order valence-electron chi connectivity index (χ0n) is 18.1. The summed E-state index contributed by atoms with van der Waals surface area (Å²) < 4.78 is 32.5. The molecule has 0 aromatic carbocycles. The number of thiophene rings is 2. The van der Waals surface area contributed by atoms with Gasteiger partial charge in [-0.1, -0.05) is 12.5 Å². The average molecular weight is 497 g/mol. The summed E-state index contributed by atoms with van der Waals surface area (Å²) in [6.07, 6.45) is 5.90. The summed E-state index contributed by atoms with van der Waals surface area (Å²) >= 11 is 2.69. The predicted octanol–water partition coefficient (Wildman–Crippen LogP) is 4.29. The summed E-state index contributed by atoms with van der Waals surface area (Å²) in [4.78, 5) is 26.9. The Morgan fingerprint density at radius 3 is 2.62 bits per heavy atom. The molecule has 1 fully saturated rings. The van der Waals surface area contributed by atoms with Crippen LogP contribution >= 0.6 is 22.7 Å². The Morgan fingerprint density at radius 1 is 1.19 bits per heavy atom. The number of rotatable bonds is 6. The van der Waals surface area contributed by atoms with Crippen LogP contribution in [0.1, 0.15) is 59.8 Å². The largest absolute Gasteiger partial charge is 0.462 e. The Kier molecular flexibility index (Phi) is 7.34. The summed E-state index contributed by atoms with van der Waals surface area (Å²) in [5.41, 5.74) is 1.54. The van der Waals surface area contributed by atoms with Gasteiger partial charge in [-0.05, 0) is 62.5 Å². The summed E-state index contributed by atoms with van der Waals surface area (Å²) in [7, 11) is -3.50. The van der Waals surface area contributed by atoms with Crippen molar-refractivity contribution >= 4 is 49.6 Å². The van der Waals surface area contributed by atoms with Crippen LogP contribution in [0.5, 0.6) is 0 Å². The van der Waals surface area contributed by atoms with E-state index in [1.54, 1.807) is 24.4 Å². The van der Waals surface area contributed by atoms with Crippen molar-refractivity contribution in [2.45, 2.75) is 56.1 Å². The topological polar surface area (TPSA) is 92.8 Å². The lowest BCUT2D eigenvalue weighted by Crippen LogP contribution is -2.41. The van der Waals surface area contributed by atoms with Gasteiger partial charge in [-0.3, -0.25) is 4.79 Å². The molecule has 2 aliphatic rings. The Labute approximate surface area is 196 Å². The molecule has 0 spiro atoms. The molecule has 0 saturated carbocycles. The Morgan fingerprint density at radius 2 is 1.94 bits per heavy atom. The standard InChI is InChI=1S/C22H28N2O5S3/c1-2-29-22(26)19-16-7-4-3-5-8-17(16)31-21(19)23-20(25)15-10-12-24(13-11-15)32(27,28)18-9-6-14-30-18/h6,9,14-15H,2-5,7-8,10-13H2,1H3,(H,23,25). The molecule has 1 saturated heterocycles. The number of carbonyl (C=O) groups excluding carboxylic acids is 2. The molecular formula is C22H28N2O5S3. The van der Waals surface area contributed by atoms with Gasteiger partial charge in [-0.25, -0.2) is 13.2 Å². The lowest BCUT2D eigenvalue weighted by atomic mass is 9.97. The Hall–Kier alpha value is -1.75. The van der Waals surface area contributed by atoms with E-state index in [4.69, 9.17) is 4.74 Å². The highest BCUT2D eigenvalue weighted by molar-refractivity contribution is 7.91. The van der Waals surface area contributed by atoms with Crippen LogP contribution in [0.25, 0.3) is 0 Å². The van der Waals surface area contributed by atoms with Gasteiger partial charge in [-0.15, -0.1) is 22.7 Å². The van der Waals surface area contributed by atoms with Crippen molar-refractivity contribution < 1.29 is 22.7 Å². The summed E-state index contributed by atoms with van der Waals surface area (Å²) in [6, 6.07) is 3.33. The number of amides is 1. The summed E-state index contributed by atoms with van der Waals surface area (Å²) in [6.45, 7) is 2.68. The number of hydrogen-bond acceptors (Lipinski definition) is 7. The van der Waals surface area contributed by atoms with Gasteiger partial charge in [0.15, 0.2) is 0 Å². The molecule has 7 nitrogen and oxygen atoms in total. The van der Waals surface area contributed by atoms with Crippen molar-refractivity contribution in [3.05, 3.63) is 33.5 Å². The molecule has 0 bridgehead atoms. The van der Waals surface area contributed by atoms with Crippen LogP contribution in [0.15, 0.2) is 21.7 Å². The monoisotopic (exact) mass is 496 g/mol. The zero-order chi connectivity index (χ0) is 22.7. The molecule has 32 heavy (non-hydrogen) atoms. The number of nitrogens with one attached hydrogen (secondary N) is 1. The molecule has 2 aromatic rings. The smallest absolute Gasteiger partial charge is 0.341 e. The van der Waals surface area contributed by atoms with Crippen molar-refractivity contribution in [3.8, 4) is 0 Å². The lowest BCUT2D eigenvalue weighted by Gasteiger charge is -2.30. The van der Waals surface area contributed by atoms with Gasteiger partial charge in [-0.2, -0.15) is 4.31 Å². The maximum Gasteiger partial charge on any atom is 0.341 e. The van der Waals surface area contributed by atoms with Crippen LogP contribution in [0.3, 0.4) is 0 Å². The summed E-state index contributed by atoms with van der Waals surface area (Å²) in [5.74, 6) is -0.819. The fourth-order valence-corrected chi connectivity index (χ4v) is 8.25. The van der Waals surface area contributed by atoms with Crippen LogP contribution in [-0.2, 0) is 32.4 Å². The highest BCUT2D eigenvalue weighted by atomic mass is 32.2. The first kappa shape index (κ1) is 23.4. The molecule has 1 N–H and O–H groups in total. The minimum absolute atomic E-state index is 0.153. The molecule has 3 heterocycles. The minimum atomic E-state index is -3.50. The molecule has 4 rings (SSSR count). The Balaban J connectivity index is 1.46. The number of fused-ring (bicyclic) bond motifs is 1. The maximum atomic E-state index is 13.0. The van der Waals surface area contributed by atoms with Crippen LogP contribution in [-0.4, -0.2) is 44.3 Å². The van der Waals surface area contributed by atoms with E-state index in [9.17, 15) is 18.0 Å². The van der Waals surface area contributed by atoms with Gasteiger partial charge >= 0.3 is 5.97 Å². The molecule has 174 valence electrons. The van der Waals surface area contributed by atoms with Crippen molar-refractivity contribution in [1.82, 2.24) is 4.31 Å². The molecule has 0 atom stereocenters. The second kappa shape index (κ2) is 10.0. The third-order valence-electron chi connectivity index (χ3n) is 6.05. The lowest BCUT2D eigenvalue weighted by molar-refractivity contribution is -0.120. The first-order valence-corrected chi connectivity index (χ1v) is 14.2. The highest BCUT2D eigenvalue weighted by Crippen LogP contribution is 2.38. The first-order valence-electron chi connectivity index (χ1n) is 11.1. The number of sulfonamides is 1. The number of carbonyl (C=O) groups is 2. The van der Waals surface area contributed by atoms with Gasteiger partial charge in [0.25, 0.3) is 10.0 Å². The molecule has 10 heteroatoms. The fraction of sp³-hybridized carbons (Fsp3) is 0.545. The highest BCUT2D eigenvalue weighted by Gasteiger charge is 2.34. The molecule has 0 radical (unpaired) electrons. The van der Waals surface area contributed by atoms with E-state index in [0.717, 1.165) is 42.5 Å². The third kappa shape index (κ3) is 4.78. The van der Waals surface area contributed by atoms with Gasteiger partial charge in [0.1, 0.15) is 9.21 Å². The van der Waals surface area contributed by atoms with E-state index in [-0.39, 0.29) is 24.4 Å². The molecule has 1 aliphatic carbocycles. The average Bonchev–Trinajstić information content (AvgIpc) is 3.38. The van der Waals surface area contributed by atoms with Crippen molar-refractivity contribution in [2.75, 3.05) is 25.0 Å². The summed E-state index contributed by atoms with van der Waals surface area (Å²) in [5, 5.41) is 5.32. The number of esters is 1. The number of hydrogen-bond donors (Lipinski definition) is 1. The van der Waals surface area contributed by atoms with E-state index in [1.807, 2.05) is 0 Å². The van der Waals surface area contributed by atoms with Gasteiger partial charge < -0.3 is 10.1 Å². The van der Waals surface area contributed by atoms with E-state index >= 15 is 0 Å². The SMILES string of the molecule is CCOC(=O)c1c(NC(=O)C2CCN(S(=O)(=O)c3cccs3)CC2)sc2c1CCCCC2. The van der Waals surface area contributed by atoms with E-state index in [0.29, 0.717) is 40.7 Å². The number of aryl methyl sites for hydroxylation is 1. The molecular weight excluding hydrogens is 468 g/mol. The second-order valence-corrected chi connectivity index (χ2v) is 12.3. The number of anilines is 1. The number of nitrogens with zero attached hydrogens (tertiary/aromatic N) is 1. The van der Waals surface area contributed by atoms with Crippen LogP contribution in [0.4, 0.5) is 5.00 Å². The second-order valence-electron chi connectivity index (χ2n) is 8.09. The molecule has 2 aromatic heterocycles. The normalized spacial score (nSPS) is 18.0. The van der Waals surface area contributed by atoms with Crippen molar-refractivity contribution in [3.63, 3.8) is 0 Å². The molecule has 0 unspecified atom stereocenters. The number of piperidine rings is 1. The van der Waals surface area contributed by atoms with Crippen molar-refractivity contribution in [1.29, 1.82) is 0 Å². The minimum Gasteiger partial charge on any atom is -0.462 e. The maximum absolute atomic E-state index is 13.0. The van der Waals surface area contributed by atoms with E-state index in [1.165, 1.54) is 27.0 Å². The van der Waals surface area contributed by atoms with E-state index < -0.39 is 10.0 Å².